The van der Waals surface area contributed by atoms with E-state index < -0.39 is 21.9 Å². The summed E-state index contributed by atoms with van der Waals surface area (Å²) >= 11 is 1.98. The van der Waals surface area contributed by atoms with Gasteiger partial charge in [0.2, 0.25) is 10.0 Å². The molecule has 2 rings (SSSR count). The van der Waals surface area contributed by atoms with Gasteiger partial charge in [0.15, 0.2) is 0 Å². The van der Waals surface area contributed by atoms with Gasteiger partial charge in [0.05, 0.1) is 29.4 Å². The van der Waals surface area contributed by atoms with Crippen LogP contribution in [0.5, 0.6) is 0 Å². The summed E-state index contributed by atoms with van der Waals surface area (Å²) in [5, 5.41) is 11.9. The number of anilines is 1. The molecule has 31 heavy (non-hydrogen) atoms. The van der Waals surface area contributed by atoms with Crippen LogP contribution in [0.2, 0.25) is 0 Å². The number of halogens is 1. The molecule has 0 radical (unpaired) electrons. The van der Waals surface area contributed by atoms with Crippen LogP contribution in [0.15, 0.2) is 47.4 Å². The molecule has 1 amide bonds. The zero-order valence-corrected chi connectivity index (χ0v) is 20.0. The Labute approximate surface area is 194 Å². The highest BCUT2D eigenvalue weighted by molar-refractivity contribution is 14.1. The van der Waals surface area contributed by atoms with Crippen molar-refractivity contribution in [3.05, 3.63) is 57.2 Å². The summed E-state index contributed by atoms with van der Waals surface area (Å²) < 4.78 is 37.8. The summed E-state index contributed by atoms with van der Waals surface area (Å²) in [6, 6.07) is 10.0. The first-order chi connectivity index (χ1) is 14.7. The quantitative estimate of drug-likeness (QED) is 0.404. The van der Waals surface area contributed by atoms with Crippen LogP contribution < -0.4 is 5.32 Å². The van der Waals surface area contributed by atoms with Gasteiger partial charge >= 0.3 is 5.97 Å². The number of aromatic carboxylic acids is 1. The van der Waals surface area contributed by atoms with Crippen molar-refractivity contribution in [3.63, 3.8) is 0 Å². The number of ether oxygens (including phenoxy) is 2. The number of hydrogen-bond acceptors (Lipinski definition) is 6. The molecule has 0 heterocycles. The molecule has 0 aliphatic heterocycles. The Bertz CT molecular complexity index is 1020. The van der Waals surface area contributed by atoms with Crippen molar-refractivity contribution in [2.75, 3.05) is 45.8 Å². The van der Waals surface area contributed by atoms with E-state index in [4.69, 9.17) is 9.47 Å². The summed E-state index contributed by atoms with van der Waals surface area (Å²) in [6.45, 7) is 0.779. The number of carbonyl (C=O) groups excluding carboxylic acids is 1. The van der Waals surface area contributed by atoms with Crippen molar-refractivity contribution in [3.8, 4) is 0 Å². The summed E-state index contributed by atoms with van der Waals surface area (Å²) in [7, 11) is -0.838. The molecule has 0 atom stereocenters. The second-order valence-electron chi connectivity index (χ2n) is 6.36. The molecule has 9 nitrogen and oxygen atoms in total. The number of nitrogens with zero attached hydrogens (tertiary/aromatic N) is 1. The summed E-state index contributed by atoms with van der Waals surface area (Å²) in [4.78, 5) is 24.0. The van der Waals surface area contributed by atoms with E-state index in [1.54, 1.807) is 6.07 Å². The third-order valence-electron chi connectivity index (χ3n) is 4.30. The lowest BCUT2D eigenvalue weighted by Crippen LogP contribution is -2.36. The van der Waals surface area contributed by atoms with E-state index in [9.17, 15) is 23.1 Å². The van der Waals surface area contributed by atoms with E-state index in [0.717, 1.165) is 0 Å². The Morgan fingerprint density at radius 1 is 1.03 bits per heavy atom. The van der Waals surface area contributed by atoms with Crippen LogP contribution >= 0.6 is 22.6 Å². The first kappa shape index (κ1) is 25.2. The third-order valence-corrected chi connectivity index (χ3v) is 6.89. The number of carboxylic acids is 1. The molecule has 0 saturated heterocycles. The van der Waals surface area contributed by atoms with Crippen molar-refractivity contribution in [2.24, 2.45) is 0 Å². The van der Waals surface area contributed by atoms with Crippen LogP contribution in [-0.4, -0.2) is 70.2 Å². The minimum Gasteiger partial charge on any atom is -0.478 e. The van der Waals surface area contributed by atoms with Crippen molar-refractivity contribution in [2.45, 2.75) is 4.90 Å². The predicted molar refractivity (Wildman–Crippen MR) is 123 cm³/mol. The minimum atomic E-state index is -3.81. The molecule has 2 N–H and O–H groups in total. The zero-order chi connectivity index (χ0) is 23.0. The Hall–Kier alpha value is -2.06. The van der Waals surface area contributed by atoms with Gasteiger partial charge in [0, 0.05) is 36.4 Å². The van der Waals surface area contributed by atoms with Gasteiger partial charge in [-0.3, -0.25) is 4.79 Å². The number of hydrogen-bond donors (Lipinski definition) is 2. The van der Waals surface area contributed by atoms with Gasteiger partial charge < -0.3 is 19.9 Å². The molecule has 0 bridgehead atoms. The number of rotatable bonds is 11. The molecule has 168 valence electrons. The lowest BCUT2D eigenvalue weighted by atomic mass is 10.1. The van der Waals surface area contributed by atoms with Crippen molar-refractivity contribution >= 4 is 50.2 Å². The topological polar surface area (TPSA) is 122 Å². The monoisotopic (exact) mass is 562 g/mol. The fourth-order valence-electron chi connectivity index (χ4n) is 2.66. The average Bonchev–Trinajstić information content (AvgIpc) is 2.74. The van der Waals surface area contributed by atoms with Gasteiger partial charge in [-0.1, -0.05) is 0 Å². The second kappa shape index (κ2) is 11.5. The number of sulfonamides is 1. The molecule has 0 unspecified atom stereocenters. The fourth-order valence-corrected chi connectivity index (χ4v) is 4.56. The molecule has 0 saturated carbocycles. The van der Waals surface area contributed by atoms with E-state index in [1.165, 1.54) is 54.9 Å². The highest BCUT2D eigenvalue weighted by atomic mass is 127. The van der Waals surface area contributed by atoms with E-state index in [2.05, 4.69) is 5.32 Å². The number of carbonyl (C=O) groups is 2. The zero-order valence-electron chi connectivity index (χ0n) is 17.0. The minimum absolute atomic E-state index is 0.0248. The second-order valence-corrected chi connectivity index (χ2v) is 9.55. The lowest BCUT2D eigenvalue weighted by molar-refractivity contribution is 0.0698. The number of nitrogens with one attached hydrogen (secondary N) is 1. The van der Waals surface area contributed by atoms with Crippen molar-refractivity contribution in [1.82, 2.24) is 4.31 Å². The van der Waals surface area contributed by atoms with Crippen LogP contribution in [0.4, 0.5) is 5.69 Å². The van der Waals surface area contributed by atoms with Gasteiger partial charge in [-0.15, -0.1) is 0 Å². The number of benzene rings is 2. The molecule has 2 aromatic carbocycles. The Morgan fingerprint density at radius 3 is 2.13 bits per heavy atom. The molecule has 11 heteroatoms. The van der Waals surface area contributed by atoms with E-state index in [0.29, 0.717) is 3.57 Å². The first-order valence-electron chi connectivity index (χ1n) is 9.13. The standard InChI is InChI=1S/C20H23IN2O7S/c1-29-11-9-23(10-12-30-2)31(27,28)16-6-3-14(4-7-16)19(24)22-18-8-5-15(21)13-17(18)20(25)26/h3-8,13H,9-12H2,1-2H3,(H,22,24)(H,25,26). The Kier molecular flexibility index (Phi) is 9.37. The highest BCUT2D eigenvalue weighted by Crippen LogP contribution is 2.21. The maximum atomic E-state index is 12.9. The molecule has 0 aromatic heterocycles. The van der Waals surface area contributed by atoms with Crippen molar-refractivity contribution in [1.29, 1.82) is 0 Å². The molecule has 0 spiro atoms. The third kappa shape index (κ3) is 6.71. The predicted octanol–water partition coefficient (Wildman–Crippen LogP) is 2.53. The highest BCUT2D eigenvalue weighted by Gasteiger charge is 2.24. The maximum Gasteiger partial charge on any atom is 0.337 e. The Morgan fingerprint density at radius 2 is 1.61 bits per heavy atom. The van der Waals surface area contributed by atoms with E-state index >= 15 is 0 Å². The van der Waals surface area contributed by atoms with Gasteiger partial charge in [-0.2, -0.15) is 4.31 Å². The van der Waals surface area contributed by atoms with Crippen molar-refractivity contribution < 1.29 is 32.6 Å². The molecule has 0 aliphatic rings. The summed E-state index contributed by atoms with van der Waals surface area (Å²) in [5.74, 6) is -1.72. The van der Waals surface area contributed by atoms with Crippen LogP contribution in [0.3, 0.4) is 0 Å². The lowest BCUT2D eigenvalue weighted by Gasteiger charge is -2.21. The molecule has 2 aromatic rings. The normalized spacial score (nSPS) is 11.5. The molecule has 0 aliphatic carbocycles. The smallest absolute Gasteiger partial charge is 0.337 e. The maximum absolute atomic E-state index is 12.9. The Balaban J connectivity index is 2.22. The number of methoxy groups -OCH3 is 2. The molecule has 0 fully saturated rings. The van der Waals surface area contributed by atoms with Gasteiger partial charge in [0.25, 0.3) is 5.91 Å². The summed E-state index contributed by atoms with van der Waals surface area (Å²) in [5.41, 5.74) is 0.306. The van der Waals surface area contributed by atoms with Gasteiger partial charge in [0.1, 0.15) is 0 Å². The van der Waals surface area contributed by atoms with Crippen LogP contribution in [0.25, 0.3) is 0 Å². The summed E-state index contributed by atoms with van der Waals surface area (Å²) in [6.07, 6.45) is 0. The van der Waals surface area contributed by atoms with Crippen LogP contribution in [0.1, 0.15) is 20.7 Å². The van der Waals surface area contributed by atoms with Gasteiger partial charge in [-0.25, -0.2) is 13.2 Å². The van der Waals surface area contributed by atoms with Crippen LogP contribution in [-0.2, 0) is 19.5 Å². The van der Waals surface area contributed by atoms with E-state index in [1.807, 2.05) is 22.6 Å². The molecular formula is C20H23IN2O7S. The molecular weight excluding hydrogens is 539 g/mol. The fraction of sp³-hybridized carbons (Fsp3) is 0.300. The largest absolute Gasteiger partial charge is 0.478 e. The number of carboxylic acid groups (broad SMARTS) is 1. The van der Waals surface area contributed by atoms with Gasteiger partial charge in [-0.05, 0) is 65.1 Å². The average molecular weight is 562 g/mol. The number of amides is 1. The SMILES string of the molecule is COCCN(CCOC)S(=O)(=O)c1ccc(C(=O)Nc2ccc(I)cc2C(=O)O)cc1. The van der Waals surface area contributed by atoms with E-state index in [-0.39, 0.29) is 48.0 Å². The van der Waals surface area contributed by atoms with Crippen LogP contribution in [0, 0.1) is 3.57 Å². The first-order valence-corrected chi connectivity index (χ1v) is 11.6.